The lowest BCUT2D eigenvalue weighted by Crippen LogP contribution is -2.54. The minimum atomic E-state index is -0.601. The predicted octanol–water partition coefficient (Wildman–Crippen LogP) is 9.31. The SMILES string of the molecule is [2H]OC(C)c1cc([C@@H](c2cccc(C)c2C)C(C)CN(C(C)CC)C(C)(C)C(C)C)c(OC(=O)C(C)(C)CC)cc1C. The maximum atomic E-state index is 13.5. The number of carbonyl (C=O) groups is 1. The molecular weight excluding hydrogens is 506 g/mol. The Kier molecular flexibility index (Phi) is 11.3. The van der Waals surface area contributed by atoms with Gasteiger partial charge in [0.05, 0.1) is 11.5 Å². The summed E-state index contributed by atoms with van der Waals surface area (Å²) in [5.74, 6) is 1.02. The fourth-order valence-electron chi connectivity index (χ4n) is 5.71. The second kappa shape index (κ2) is 13.9. The summed E-state index contributed by atoms with van der Waals surface area (Å²) in [6, 6.07) is 11.1. The van der Waals surface area contributed by atoms with Gasteiger partial charge in [-0.3, -0.25) is 9.69 Å². The molecule has 2 rings (SSSR count). The number of rotatable bonds is 14. The van der Waals surface area contributed by atoms with Gasteiger partial charge in [0.25, 0.3) is 0 Å². The van der Waals surface area contributed by atoms with Crippen LogP contribution in [0.3, 0.4) is 0 Å². The molecule has 0 amide bonds. The summed E-state index contributed by atoms with van der Waals surface area (Å²) in [4.78, 5) is 16.2. The fourth-order valence-corrected chi connectivity index (χ4v) is 5.71. The van der Waals surface area contributed by atoms with E-state index in [0.29, 0.717) is 24.1 Å². The highest BCUT2D eigenvalue weighted by Gasteiger charge is 2.37. The summed E-state index contributed by atoms with van der Waals surface area (Å²) in [6.07, 6.45) is 1.35. The van der Waals surface area contributed by atoms with Crippen LogP contribution in [-0.2, 0) is 4.79 Å². The van der Waals surface area contributed by atoms with Gasteiger partial charge >= 0.3 is 5.97 Å². The van der Waals surface area contributed by atoms with Gasteiger partial charge in [0, 0.05) is 29.6 Å². The number of aliphatic hydroxyl groups excluding tert-OH is 1. The molecule has 0 fully saturated rings. The smallest absolute Gasteiger partial charge is 0.316 e. The molecule has 2 aromatic carbocycles. The topological polar surface area (TPSA) is 49.8 Å². The van der Waals surface area contributed by atoms with E-state index in [2.05, 4.69) is 91.5 Å². The van der Waals surface area contributed by atoms with E-state index in [0.717, 1.165) is 29.7 Å². The average Bonchev–Trinajstić information content (AvgIpc) is 2.93. The molecule has 0 radical (unpaired) electrons. The molecule has 1 N–H and O–H groups in total. The molecule has 0 saturated heterocycles. The third kappa shape index (κ3) is 7.82. The van der Waals surface area contributed by atoms with Crippen LogP contribution in [0.1, 0.15) is 134 Å². The lowest BCUT2D eigenvalue weighted by molar-refractivity contribution is -0.144. The van der Waals surface area contributed by atoms with Crippen molar-refractivity contribution >= 4 is 5.97 Å². The van der Waals surface area contributed by atoms with Crippen LogP contribution >= 0.6 is 0 Å². The first-order valence-electron chi connectivity index (χ1n) is 16.2. The monoisotopic (exact) mass is 566 g/mol. The standard InChI is InChI=1S/C37H59NO3/c1-15-27(8)38(37(13,14)23(3)4)22-26(7)34(30-19-17-18-24(5)28(30)9)32-21-31(29(10)39)25(6)20-33(32)41-35(40)36(11,12)16-2/h17-21,23,26-27,29,34,39H,15-16,22H2,1-14H3/t26?,27?,29?,34-/m1/s1/i39D. The Morgan fingerprint density at radius 2 is 1.59 bits per heavy atom. The van der Waals surface area contributed by atoms with E-state index in [1.807, 2.05) is 40.7 Å². The predicted molar refractivity (Wildman–Crippen MR) is 174 cm³/mol. The second-order valence-corrected chi connectivity index (χ2v) is 14.0. The average molecular weight is 567 g/mol. The van der Waals surface area contributed by atoms with Crippen molar-refractivity contribution in [3.63, 3.8) is 0 Å². The lowest BCUT2D eigenvalue weighted by atomic mass is 9.76. The van der Waals surface area contributed by atoms with Gasteiger partial charge in [-0.1, -0.05) is 52.8 Å². The Labute approximate surface area is 253 Å². The Hall–Kier alpha value is -2.17. The number of aliphatic hydroxyl groups is 1. The van der Waals surface area contributed by atoms with Gasteiger partial charge < -0.3 is 9.85 Å². The molecule has 230 valence electrons. The van der Waals surface area contributed by atoms with Crippen molar-refractivity contribution in [2.45, 2.75) is 133 Å². The first-order valence-corrected chi connectivity index (χ1v) is 15.8. The molecule has 4 atom stereocenters. The van der Waals surface area contributed by atoms with E-state index >= 15 is 0 Å². The van der Waals surface area contributed by atoms with E-state index in [-0.39, 0.29) is 23.3 Å². The lowest BCUT2D eigenvalue weighted by Gasteiger charge is -2.47. The first kappa shape index (κ1) is 33.3. The largest absolute Gasteiger partial charge is 0.426 e. The molecule has 4 nitrogen and oxygen atoms in total. The summed E-state index contributed by atoms with van der Waals surface area (Å²) in [5, 5.41) is 5.07. The summed E-state index contributed by atoms with van der Waals surface area (Å²) in [7, 11) is 0. The number of benzene rings is 2. The van der Waals surface area contributed by atoms with E-state index < -0.39 is 11.5 Å². The molecule has 3 unspecified atom stereocenters. The van der Waals surface area contributed by atoms with Crippen molar-refractivity contribution in [2.75, 3.05) is 6.54 Å². The zero-order valence-electron chi connectivity index (χ0n) is 29.6. The molecule has 0 aliphatic rings. The maximum Gasteiger partial charge on any atom is 0.316 e. The zero-order chi connectivity index (χ0) is 32.2. The highest BCUT2D eigenvalue weighted by Crippen LogP contribution is 2.43. The Morgan fingerprint density at radius 1 is 0.951 bits per heavy atom. The summed E-state index contributed by atoms with van der Waals surface area (Å²) in [5.41, 5.74) is 6.02. The van der Waals surface area contributed by atoms with Crippen molar-refractivity contribution in [1.29, 1.82) is 1.43 Å². The fraction of sp³-hybridized carbons (Fsp3) is 0.649. The van der Waals surface area contributed by atoms with Gasteiger partial charge in [0.1, 0.15) is 5.75 Å². The van der Waals surface area contributed by atoms with Crippen molar-refractivity contribution in [3.8, 4) is 5.75 Å². The van der Waals surface area contributed by atoms with Crippen LogP contribution in [0.2, 0.25) is 0 Å². The highest BCUT2D eigenvalue weighted by atomic mass is 16.5. The van der Waals surface area contributed by atoms with Crippen molar-refractivity contribution in [2.24, 2.45) is 17.3 Å². The van der Waals surface area contributed by atoms with Crippen LogP contribution in [0.15, 0.2) is 30.3 Å². The number of hydrogen-bond acceptors (Lipinski definition) is 4. The van der Waals surface area contributed by atoms with Gasteiger partial charge in [0.2, 0.25) is 1.43 Å². The van der Waals surface area contributed by atoms with E-state index in [4.69, 9.17) is 11.3 Å². The molecule has 0 bridgehead atoms. The maximum absolute atomic E-state index is 13.5. The minimum Gasteiger partial charge on any atom is -0.426 e. The Morgan fingerprint density at radius 3 is 2.12 bits per heavy atom. The second-order valence-electron chi connectivity index (χ2n) is 14.0. The molecule has 0 spiro atoms. The number of esters is 1. The summed E-state index contributed by atoms with van der Waals surface area (Å²) in [6.45, 7) is 31.3. The van der Waals surface area contributed by atoms with Crippen LogP contribution in [0, 0.1) is 38.0 Å². The highest BCUT2D eigenvalue weighted by molar-refractivity contribution is 5.79. The summed E-state index contributed by atoms with van der Waals surface area (Å²) < 4.78 is 14.0. The molecule has 41 heavy (non-hydrogen) atoms. The van der Waals surface area contributed by atoms with E-state index in [9.17, 15) is 4.79 Å². The third-order valence-electron chi connectivity index (χ3n) is 10.1. The van der Waals surface area contributed by atoms with Crippen LogP contribution < -0.4 is 4.74 Å². The van der Waals surface area contributed by atoms with E-state index in [1.54, 1.807) is 0 Å². The zero-order valence-corrected chi connectivity index (χ0v) is 28.6. The molecular formula is C37H59NO3. The van der Waals surface area contributed by atoms with Gasteiger partial charge in [-0.05, 0) is 127 Å². The van der Waals surface area contributed by atoms with Crippen LogP contribution in [0.25, 0.3) is 0 Å². The molecule has 2 aromatic rings. The minimum absolute atomic E-state index is 0.00232. The van der Waals surface area contributed by atoms with Crippen molar-refractivity contribution in [3.05, 3.63) is 63.7 Å². The molecule has 0 aliphatic carbocycles. The quantitative estimate of drug-likeness (QED) is 0.183. The van der Waals surface area contributed by atoms with Crippen molar-refractivity contribution in [1.82, 2.24) is 4.90 Å². The molecule has 0 aromatic heterocycles. The van der Waals surface area contributed by atoms with Crippen LogP contribution in [0.4, 0.5) is 0 Å². The van der Waals surface area contributed by atoms with E-state index in [1.165, 1.54) is 16.7 Å². The van der Waals surface area contributed by atoms with Gasteiger partial charge in [0.15, 0.2) is 0 Å². The number of aryl methyl sites for hydroxylation is 2. The number of carbonyl (C=O) groups excluding carboxylic acids is 1. The van der Waals surface area contributed by atoms with Gasteiger partial charge in [-0.2, -0.15) is 0 Å². The van der Waals surface area contributed by atoms with Gasteiger partial charge in [-0.15, -0.1) is 0 Å². The molecule has 0 saturated carbocycles. The third-order valence-corrected chi connectivity index (χ3v) is 10.1. The first-order chi connectivity index (χ1) is 19.4. The number of hydrogen-bond donors (Lipinski definition) is 1. The van der Waals surface area contributed by atoms with Crippen LogP contribution in [0.5, 0.6) is 5.75 Å². The van der Waals surface area contributed by atoms with Crippen molar-refractivity contribution < 1.29 is 14.6 Å². The molecule has 0 aliphatic heterocycles. The summed E-state index contributed by atoms with van der Waals surface area (Å²) >= 11 is 0. The number of nitrogens with zero attached hydrogens (tertiary/aromatic N) is 1. The molecule has 4 heteroatoms. The number of ether oxygens (including phenoxy) is 1. The van der Waals surface area contributed by atoms with Gasteiger partial charge in [-0.25, -0.2) is 0 Å². The van der Waals surface area contributed by atoms with Crippen LogP contribution in [-0.4, -0.2) is 35.5 Å². The Bertz CT molecular complexity index is 1200. The molecule has 0 heterocycles. The Balaban J connectivity index is 2.90. The normalized spacial score (nSPS) is 16.0.